The molecule has 76 valence electrons. The summed E-state index contributed by atoms with van der Waals surface area (Å²) in [7, 11) is 0. The van der Waals surface area contributed by atoms with E-state index >= 15 is 0 Å². The minimum absolute atomic E-state index is 0.0554. The van der Waals surface area contributed by atoms with Gasteiger partial charge in [0.1, 0.15) is 17.1 Å². The van der Waals surface area contributed by atoms with Gasteiger partial charge in [0.25, 0.3) is 0 Å². The van der Waals surface area contributed by atoms with Crippen LogP contribution >= 0.6 is 15.9 Å². The van der Waals surface area contributed by atoms with Crippen molar-refractivity contribution in [2.24, 2.45) is 0 Å². The van der Waals surface area contributed by atoms with Crippen LogP contribution in [0.2, 0.25) is 0 Å². The Bertz CT molecular complexity index is 365. The van der Waals surface area contributed by atoms with Crippen molar-refractivity contribution in [2.45, 2.75) is 6.92 Å². The van der Waals surface area contributed by atoms with Crippen molar-refractivity contribution in [1.82, 2.24) is 0 Å². The largest absolute Gasteiger partial charge is 0.507 e. The number of rotatable bonds is 2. The third kappa shape index (κ3) is 2.23. The van der Waals surface area contributed by atoms with Crippen LogP contribution in [-0.4, -0.2) is 17.7 Å². The SMILES string of the molecule is CCOC(=O)c1cc(Br)c(F)cc1O. The fourth-order valence-corrected chi connectivity index (χ4v) is 1.25. The van der Waals surface area contributed by atoms with E-state index in [0.29, 0.717) is 0 Å². The maximum absolute atomic E-state index is 12.8. The standard InChI is InChI=1S/C9H8BrFO3/c1-2-14-9(13)5-3-6(10)7(11)4-8(5)12/h3-4,12H,2H2,1H3. The molecule has 0 aliphatic carbocycles. The molecular formula is C9H8BrFO3. The first-order chi connectivity index (χ1) is 6.56. The highest BCUT2D eigenvalue weighted by Gasteiger charge is 2.15. The molecular weight excluding hydrogens is 255 g/mol. The molecule has 14 heavy (non-hydrogen) atoms. The second kappa shape index (κ2) is 4.41. The van der Waals surface area contributed by atoms with Gasteiger partial charge in [-0.1, -0.05) is 0 Å². The Morgan fingerprint density at radius 1 is 1.64 bits per heavy atom. The highest BCUT2D eigenvalue weighted by atomic mass is 79.9. The second-order valence-corrected chi connectivity index (χ2v) is 3.36. The van der Waals surface area contributed by atoms with Gasteiger partial charge in [-0.3, -0.25) is 0 Å². The van der Waals surface area contributed by atoms with Crippen LogP contribution in [0.3, 0.4) is 0 Å². The van der Waals surface area contributed by atoms with E-state index in [0.717, 1.165) is 6.07 Å². The smallest absolute Gasteiger partial charge is 0.341 e. The third-order valence-corrected chi connectivity index (χ3v) is 2.14. The molecule has 0 radical (unpaired) electrons. The summed E-state index contributed by atoms with van der Waals surface area (Å²) in [5.74, 6) is -1.73. The van der Waals surface area contributed by atoms with Gasteiger partial charge in [-0.25, -0.2) is 9.18 Å². The van der Waals surface area contributed by atoms with Crippen molar-refractivity contribution in [3.05, 3.63) is 28.0 Å². The maximum Gasteiger partial charge on any atom is 0.341 e. The summed E-state index contributed by atoms with van der Waals surface area (Å²) >= 11 is 2.91. The number of hydrogen-bond acceptors (Lipinski definition) is 3. The van der Waals surface area contributed by atoms with Crippen molar-refractivity contribution in [3.63, 3.8) is 0 Å². The predicted octanol–water partition coefficient (Wildman–Crippen LogP) is 2.47. The predicted molar refractivity (Wildman–Crippen MR) is 51.7 cm³/mol. The lowest BCUT2D eigenvalue weighted by Gasteiger charge is -2.05. The van der Waals surface area contributed by atoms with E-state index in [1.165, 1.54) is 6.07 Å². The summed E-state index contributed by atoms with van der Waals surface area (Å²) in [6, 6.07) is 2.04. The van der Waals surface area contributed by atoms with Gasteiger partial charge in [-0.2, -0.15) is 0 Å². The maximum atomic E-state index is 12.8. The molecule has 0 saturated heterocycles. The molecule has 5 heteroatoms. The van der Waals surface area contributed by atoms with Crippen LogP contribution in [-0.2, 0) is 4.74 Å². The van der Waals surface area contributed by atoms with Gasteiger partial charge < -0.3 is 9.84 Å². The Balaban J connectivity index is 3.09. The van der Waals surface area contributed by atoms with Crippen molar-refractivity contribution >= 4 is 21.9 Å². The monoisotopic (exact) mass is 262 g/mol. The lowest BCUT2D eigenvalue weighted by Crippen LogP contribution is -2.05. The minimum atomic E-state index is -0.675. The molecule has 3 nitrogen and oxygen atoms in total. The summed E-state index contributed by atoms with van der Waals surface area (Å²) in [5.41, 5.74) is -0.0554. The normalized spacial score (nSPS) is 9.93. The first-order valence-corrected chi connectivity index (χ1v) is 4.70. The average molecular weight is 263 g/mol. The summed E-state index contributed by atoms with van der Waals surface area (Å²) in [4.78, 5) is 11.2. The van der Waals surface area contributed by atoms with E-state index < -0.39 is 17.5 Å². The number of esters is 1. The Hall–Kier alpha value is -1.10. The van der Waals surface area contributed by atoms with Gasteiger partial charge in [0.15, 0.2) is 0 Å². The van der Waals surface area contributed by atoms with Gasteiger partial charge >= 0.3 is 5.97 Å². The van der Waals surface area contributed by atoms with E-state index in [2.05, 4.69) is 20.7 Å². The zero-order chi connectivity index (χ0) is 10.7. The first-order valence-electron chi connectivity index (χ1n) is 3.91. The molecule has 0 aliphatic rings. The Labute approximate surface area is 88.6 Å². The molecule has 0 atom stereocenters. The Morgan fingerprint density at radius 3 is 2.86 bits per heavy atom. The molecule has 1 rings (SSSR count). The quantitative estimate of drug-likeness (QED) is 0.834. The molecule has 0 saturated carbocycles. The van der Waals surface area contributed by atoms with E-state index in [-0.39, 0.29) is 16.6 Å². The van der Waals surface area contributed by atoms with Gasteiger partial charge in [-0.15, -0.1) is 0 Å². The number of carbonyl (C=O) groups excluding carboxylic acids is 1. The van der Waals surface area contributed by atoms with Crippen molar-refractivity contribution in [1.29, 1.82) is 0 Å². The molecule has 0 aliphatic heterocycles. The second-order valence-electron chi connectivity index (χ2n) is 2.50. The number of aromatic hydroxyl groups is 1. The van der Waals surface area contributed by atoms with E-state index in [9.17, 15) is 14.3 Å². The number of carbonyl (C=O) groups is 1. The zero-order valence-corrected chi connectivity index (χ0v) is 8.97. The van der Waals surface area contributed by atoms with Crippen LogP contribution in [0.15, 0.2) is 16.6 Å². The molecule has 0 heterocycles. The van der Waals surface area contributed by atoms with Gasteiger partial charge in [-0.05, 0) is 28.9 Å². The van der Waals surface area contributed by atoms with E-state index in [1.54, 1.807) is 6.92 Å². The minimum Gasteiger partial charge on any atom is -0.507 e. The molecule has 0 fully saturated rings. The fourth-order valence-electron chi connectivity index (χ4n) is 0.909. The number of phenols is 1. The van der Waals surface area contributed by atoms with Crippen LogP contribution < -0.4 is 0 Å². The highest BCUT2D eigenvalue weighted by Crippen LogP contribution is 2.25. The van der Waals surface area contributed by atoms with Gasteiger partial charge in [0.2, 0.25) is 0 Å². The molecule has 1 N–H and O–H groups in total. The molecule has 0 amide bonds. The molecule has 1 aromatic rings. The van der Waals surface area contributed by atoms with Gasteiger partial charge in [0, 0.05) is 6.07 Å². The summed E-state index contributed by atoms with van der Waals surface area (Å²) in [6.07, 6.45) is 0. The van der Waals surface area contributed by atoms with Gasteiger partial charge in [0.05, 0.1) is 11.1 Å². The Morgan fingerprint density at radius 2 is 2.29 bits per heavy atom. The number of phenolic OH excluding ortho intramolecular Hbond substituents is 1. The van der Waals surface area contributed by atoms with E-state index in [4.69, 9.17) is 0 Å². The fraction of sp³-hybridized carbons (Fsp3) is 0.222. The van der Waals surface area contributed by atoms with Crippen molar-refractivity contribution in [3.8, 4) is 5.75 Å². The Kier molecular flexibility index (Phi) is 3.46. The number of ether oxygens (including phenoxy) is 1. The number of benzene rings is 1. The van der Waals surface area contributed by atoms with Crippen molar-refractivity contribution < 1.29 is 19.0 Å². The van der Waals surface area contributed by atoms with E-state index in [1.807, 2.05) is 0 Å². The molecule has 0 spiro atoms. The summed E-state index contributed by atoms with van der Waals surface area (Å²) in [5, 5.41) is 9.25. The molecule has 0 aromatic heterocycles. The lowest BCUT2D eigenvalue weighted by atomic mass is 10.2. The van der Waals surface area contributed by atoms with Crippen LogP contribution in [0.25, 0.3) is 0 Å². The van der Waals surface area contributed by atoms with Crippen LogP contribution in [0.1, 0.15) is 17.3 Å². The van der Waals surface area contributed by atoms with Crippen LogP contribution in [0.5, 0.6) is 5.75 Å². The topological polar surface area (TPSA) is 46.5 Å². The first kappa shape index (κ1) is 11.0. The summed E-state index contributed by atoms with van der Waals surface area (Å²) < 4.78 is 17.6. The zero-order valence-electron chi connectivity index (χ0n) is 7.38. The molecule has 0 unspecified atom stereocenters. The number of halogens is 2. The highest BCUT2D eigenvalue weighted by molar-refractivity contribution is 9.10. The summed E-state index contributed by atoms with van der Waals surface area (Å²) in [6.45, 7) is 1.85. The van der Waals surface area contributed by atoms with Crippen LogP contribution in [0.4, 0.5) is 4.39 Å². The average Bonchev–Trinajstić information content (AvgIpc) is 2.11. The van der Waals surface area contributed by atoms with Crippen LogP contribution in [0, 0.1) is 5.82 Å². The van der Waals surface area contributed by atoms with Crippen molar-refractivity contribution in [2.75, 3.05) is 6.61 Å². The lowest BCUT2D eigenvalue weighted by molar-refractivity contribution is 0.0523. The third-order valence-electron chi connectivity index (χ3n) is 1.53. The number of hydrogen-bond donors (Lipinski definition) is 1. The molecule has 1 aromatic carbocycles. The molecule has 0 bridgehead atoms.